The highest BCUT2D eigenvalue weighted by Gasteiger charge is 2.24. The van der Waals surface area contributed by atoms with Crippen LogP contribution in [0.5, 0.6) is 0 Å². The normalized spacial score (nSPS) is 11.5. The highest BCUT2D eigenvalue weighted by molar-refractivity contribution is 7.10. The molecule has 0 aliphatic carbocycles. The molecule has 0 aromatic carbocycles. The van der Waals surface area contributed by atoms with E-state index in [1.54, 1.807) is 11.3 Å². The molecular formula is C12H18ClNOS. The minimum atomic E-state index is -0.0137. The predicted molar refractivity (Wildman–Crippen MR) is 70.4 cm³/mol. The Kier molecular flexibility index (Phi) is 4.81. The van der Waals surface area contributed by atoms with Gasteiger partial charge in [-0.25, -0.2) is 0 Å². The predicted octanol–water partition coefficient (Wildman–Crippen LogP) is 3.08. The van der Waals surface area contributed by atoms with Crippen molar-refractivity contribution in [3.63, 3.8) is 0 Å². The average Bonchev–Trinajstić information content (AvgIpc) is 2.63. The zero-order chi connectivity index (χ0) is 12.2. The maximum atomic E-state index is 11.4. The number of thiophene rings is 1. The Balaban J connectivity index is 2.59. The molecule has 1 aromatic rings. The molecule has 0 radical (unpaired) electrons. The summed E-state index contributed by atoms with van der Waals surface area (Å²) in [6.45, 7) is 7.05. The lowest BCUT2D eigenvalue weighted by molar-refractivity contribution is -0.120. The SMILES string of the molecule is Cc1ccsc1C(C)(C)CNC(=O)CCCl. The van der Waals surface area contributed by atoms with Gasteiger partial charge in [0.2, 0.25) is 5.91 Å². The lowest BCUT2D eigenvalue weighted by atomic mass is 9.89. The van der Waals surface area contributed by atoms with Gasteiger partial charge in [-0.1, -0.05) is 13.8 Å². The molecule has 0 saturated carbocycles. The number of carbonyl (C=O) groups is 1. The number of carbonyl (C=O) groups excluding carboxylic acids is 1. The van der Waals surface area contributed by atoms with Crippen molar-refractivity contribution in [2.75, 3.05) is 12.4 Å². The third kappa shape index (κ3) is 3.49. The summed E-state index contributed by atoms with van der Waals surface area (Å²) in [6, 6.07) is 2.11. The van der Waals surface area contributed by atoms with E-state index >= 15 is 0 Å². The molecule has 1 rings (SSSR count). The molecule has 1 aromatic heterocycles. The molecule has 16 heavy (non-hydrogen) atoms. The smallest absolute Gasteiger partial charge is 0.221 e. The van der Waals surface area contributed by atoms with Crippen LogP contribution in [0.15, 0.2) is 11.4 Å². The van der Waals surface area contributed by atoms with Crippen LogP contribution in [0.3, 0.4) is 0 Å². The highest BCUT2D eigenvalue weighted by Crippen LogP contribution is 2.30. The molecule has 0 spiro atoms. The van der Waals surface area contributed by atoms with Gasteiger partial charge in [-0.2, -0.15) is 0 Å². The van der Waals surface area contributed by atoms with Crippen molar-refractivity contribution in [1.29, 1.82) is 0 Å². The highest BCUT2D eigenvalue weighted by atomic mass is 35.5. The van der Waals surface area contributed by atoms with Gasteiger partial charge in [-0.05, 0) is 23.9 Å². The summed E-state index contributed by atoms with van der Waals surface area (Å²) >= 11 is 7.26. The largest absolute Gasteiger partial charge is 0.355 e. The molecule has 1 N–H and O–H groups in total. The molecule has 0 unspecified atom stereocenters. The van der Waals surface area contributed by atoms with Gasteiger partial charge in [0.1, 0.15) is 0 Å². The fourth-order valence-corrected chi connectivity index (χ4v) is 2.87. The number of amides is 1. The summed E-state index contributed by atoms with van der Waals surface area (Å²) in [5.74, 6) is 0.405. The summed E-state index contributed by atoms with van der Waals surface area (Å²) in [7, 11) is 0. The molecule has 0 bridgehead atoms. The molecule has 4 heteroatoms. The Hall–Kier alpha value is -0.540. The quantitative estimate of drug-likeness (QED) is 0.809. The Bertz CT molecular complexity index is 360. The third-order valence-corrected chi connectivity index (χ3v) is 4.10. The molecule has 0 aliphatic heterocycles. The number of nitrogens with one attached hydrogen (secondary N) is 1. The maximum absolute atomic E-state index is 11.4. The summed E-state index contributed by atoms with van der Waals surface area (Å²) in [5, 5.41) is 5.01. The Labute approximate surface area is 106 Å². The molecule has 1 heterocycles. The van der Waals surface area contributed by atoms with Gasteiger partial charge in [0.15, 0.2) is 0 Å². The van der Waals surface area contributed by atoms with E-state index < -0.39 is 0 Å². The summed E-state index contributed by atoms with van der Waals surface area (Å²) in [5.41, 5.74) is 1.28. The van der Waals surface area contributed by atoms with Crippen molar-refractivity contribution < 1.29 is 4.79 Å². The van der Waals surface area contributed by atoms with E-state index in [1.165, 1.54) is 10.4 Å². The molecule has 0 saturated heterocycles. The minimum Gasteiger partial charge on any atom is -0.355 e. The second kappa shape index (κ2) is 5.69. The fraction of sp³-hybridized carbons (Fsp3) is 0.583. The Morgan fingerprint density at radius 3 is 2.75 bits per heavy atom. The molecule has 0 atom stereocenters. The maximum Gasteiger partial charge on any atom is 0.221 e. The van der Waals surface area contributed by atoms with Crippen molar-refractivity contribution in [2.45, 2.75) is 32.6 Å². The van der Waals surface area contributed by atoms with Crippen molar-refractivity contribution in [3.8, 4) is 0 Å². The van der Waals surface area contributed by atoms with Crippen LogP contribution in [0.25, 0.3) is 0 Å². The lowest BCUT2D eigenvalue weighted by Crippen LogP contribution is -2.36. The molecule has 2 nitrogen and oxygen atoms in total. The van der Waals surface area contributed by atoms with Crippen LogP contribution in [-0.4, -0.2) is 18.3 Å². The number of halogens is 1. The second-order valence-corrected chi connectivity index (χ2v) is 5.83. The van der Waals surface area contributed by atoms with Crippen molar-refractivity contribution in [2.24, 2.45) is 0 Å². The van der Waals surface area contributed by atoms with E-state index in [1.807, 2.05) is 0 Å². The van der Waals surface area contributed by atoms with Crippen LogP contribution in [0.4, 0.5) is 0 Å². The zero-order valence-electron chi connectivity index (χ0n) is 9.97. The first-order valence-electron chi connectivity index (χ1n) is 5.34. The van der Waals surface area contributed by atoms with E-state index in [0.29, 0.717) is 18.8 Å². The van der Waals surface area contributed by atoms with Gasteiger partial charge in [-0.3, -0.25) is 4.79 Å². The number of hydrogen-bond acceptors (Lipinski definition) is 2. The Morgan fingerprint density at radius 1 is 1.56 bits per heavy atom. The monoisotopic (exact) mass is 259 g/mol. The molecule has 90 valence electrons. The molecule has 1 amide bonds. The van der Waals surface area contributed by atoms with Crippen molar-refractivity contribution in [3.05, 3.63) is 21.9 Å². The first-order chi connectivity index (χ1) is 7.47. The van der Waals surface area contributed by atoms with Crippen molar-refractivity contribution >= 4 is 28.8 Å². The van der Waals surface area contributed by atoms with Gasteiger partial charge in [0, 0.05) is 29.1 Å². The zero-order valence-corrected chi connectivity index (χ0v) is 11.5. The number of alkyl halides is 1. The van der Waals surface area contributed by atoms with Crippen LogP contribution < -0.4 is 5.32 Å². The first kappa shape index (κ1) is 13.5. The standard InChI is InChI=1S/C12H18ClNOS/c1-9-5-7-16-11(9)12(2,3)8-14-10(15)4-6-13/h5,7H,4,6,8H2,1-3H3,(H,14,15). The van der Waals surface area contributed by atoms with Crippen molar-refractivity contribution in [1.82, 2.24) is 5.32 Å². The van der Waals surface area contributed by atoms with Crippen LogP contribution in [0.2, 0.25) is 0 Å². The van der Waals surface area contributed by atoms with Gasteiger partial charge in [0.05, 0.1) is 0 Å². The average molecular weight is 260 g/mol. The first-order valence-corrected chi connectivity index (χ1v) is 6.76. The topological polar surface area (TPSA) is 29.1 Å². The van der Waals surface area contributed by atoms with Crippen LogP contribution >= 0.6 is 22.9 Å². The third-order valence-electron chi connectivity index (χ3n) is 2.53. The molecule has 0 fully saturated rings. The number of aryl methyl sites for hydroxylation is 1. The molecule has 0 aliphatic rings. The van der Waals surface area contributed by atoms with Gasteiger partial charge >= 0.3 is 0 Å². The van der Waals surface area contributed by atoms with E-state index in [0.717, 1.165) is 0 Å². The Morgan fingerprint density at radius 2 is 2.25 bits per heavy atom. The summed E-state index contributed by atoms with van der Waals surface area (Å²) < 4.78 is 0. The fourth-order valence-electron chi connectivity index (χ4n) is 1.64. The summed E-state index contributed by atoms with van der Waals surface area (Å²) in [4.78, 5) is 12.7. The van der Waals surface area contributed by atoms with Gasteiger partial charge in [0.25, 0.3) is 0 Å². The van der Waals surface area contributed by atoms with E-state index in [2.05, 4.69) is 37.5 Å². The number of hydrogen-bond donors (Lipinski definition) is 1. The van der Waals surface area contributed by atoms with Crippen LogP contribution in [0, 0.1) is 6.92 Å². The van der Waals surface area contributed by atoms with Gasteiger partial charge in [-0.15, -0.1) is 22.9 Å². The van der Waals surface area contributed by atoms with Crippen LogP contribution in [-0.2, 0) is 10.2 Å². The van der Waals surface area contributed by atoms with Gasteiger partial charge < -0.3 is 5.32 Å². The minimum absolute atomic E-state index is 0.0137. The summed E-state index contributed by atoms with van der Waals surface area (Å²) in [6.07, 6.45) is 0.390. The molecular weight excluding hydrogens is 242 g/mol. The van der Waals surface area contributed by atoms with E-state index in [-0.39, 0.29) is 11.3 Å². The second-order valence-electron chi connectivity index (χ2n) is 4.53. The van der Waals surface area contributed by atoms with E-state index in [9.17, 15) is 4.79 Å². The van der Waals surface area contributed by atoms with Crippen LogP contribution in [0.1, 0.15) is 30.7 Å². The lowest BCUT2D eigenvalue weighted by Gasteiger charge is -2.24. The number of rotatable bonds is 5. The van der Waals surface area contributed by atoms with E-state index in [4.69, 9.17) is 11.6 Å².